The number of carbonyl (C=O) groups excluding carboxylic acids is 2. The van der Waals surface area contributed by atoms with Crippen molar-refractivity contribution >= 4 is 34.0 Å². The number of benzene rings is 1. The Hall–Kier alpha value is -2.21. The number of carbonyl (C=O) groups is 2. The summed E-state index contributed by atoms with van der Waals surface area (Å²) in [6.07, 6.45) is 0.126. The van der Waals surface area contributed by atoms with Crippen LogP contribution in [0.15, 0.2) is 29.6 Å². The van der Waals surface area contributed by atoms with Gasteiger partial charge in [-0.05, 0) is 18.6 Å². The van der Waals surface area contributed by atoms with Crippen molar-refractivity contribution in [1.29, 1.82) is 0 Å². The zero-order chi connectivity index (χ0) is 14.1. The number of hydrogen-bond acceptors (Lipinski definition) is 4. The minimum atomic E-state index is -0.424. The third-order valence-electron chi connectivity index (χ3n) is 3.17. The predicted octanol–water partition coefficient (Wildman–Crippen LogP) is 2.52. The summed E-state index contributed by atoms with van der Waals surface area (Å²) in [5.41, 5.74) is 2.54. The van der Waals surface area contributed by atoms with E-state index in [2.05, 4.69) is 15.6 Å². The number of aromatic nitrogens is 1. The summed E-state index contributed by atoms with van der Waals surface area (Å²) in [4.78, 5) is 28.1. The minimum Gasteiger partial charge on any atom is -0.325 e. The molecule has 1 aromatic heterocycles. The normalized spacial score (nSPS) is 16.6. The number of hydrogen-bond donors (Lipinski definition) is 2. The van der Waals surface area contributed by atoms with E-state index >= 15 is 0 Å². The van der Waals surface area contributed by atoms with E-state index < -0.39 is 5.92 Å². The Morgan fingerprint density at radius 1 is 1.45 bits per heavy atom. The van der Waals surface area contributed by atoms with E-state index in [0.29, 0.717) is 5.13 Å². The van der Waals surface area contributed by atoms with Gasteiger partial charge in [0.05, 0.1) is 11.6 Å². The molecule has 0 saturated carbocycles. The molecule has 2 aromatic rings. The van der Waals surface area contributed by atoms with E-state index in [9.17, 15) is 9.59 Å². The summed E-state index contributed by atoms with van der Waals surface area (Å²) in [6, 6.07) is 7.45. The summed E-state index contributed by atoms with van der Waals surface area (Å²) in [7, 11) is 0. The molecular formula is C14H13N3O2S. The first-order chi connectivity index (χ1) is 9.63. The third-order valence-corrected chi connectivity index (χ3v) is 4.04. The first-order valence-corrected chi connectivity index (χ1v) is 7.13. The molecule has 2 N–H and O–H groups in total. The Bertz CT molecular complexity index is 681. The molecule has 1 atom stereocenters. The van der Waals surface area contributed by atoms with Crippen LogP contribution in [0.3, 0.4) is 0 Å². The van der Waals surface area contributed by atoms with Crippen molar-refractivity contribution in [2.45, 2.75) is 19.3 Å². The van der Waals surface area contributed by atoms with Crippen molar-refractivity contribution in [2.75, 3.05) is 10.6 Å². The van der Waals surface area contributed by atoms with Crippen LogP contribution < -0.4 is 10.6 Å². The van der Waals surface area contributed by atoms with E-state index in [1.165, 1.54) is 11.3 Å². The van der Waals surface area contributed by atoms with Crippen LogP contribution >= 0.6 is 11.3 Å². The number of anilines is 2. The molecule has 2 heterocycles. The molecular weight excluding hydrogens is 274 g/mol. The van der Waals surface area contributed by atoms with Crippen molar-refractivity contribution in [2.24, 2.45) is 0 Å². The quantitative estimate of drug-likeness (QED) is 0.911. The van der Waals surface area contributed by atoms with Crippen molar-refractivity contribution < 1.29 is 9.59 Å². The average Bonchev–Trinajstić information content (AvgIpc) is 2.94. The number of nitrogens with zero attached hydrogens (tertiary/aromatic N) is 1. The minimum absolute atomic E-state index is 0.126. The maximum Gasteiger partial charge on any atom is 0.232 e. The van der Waals surface area contributed by atoms with Gasteiger partial charge in [-0.1, -0.05) is 18.2 Å². The van der Waals surface area contributed by atoms with E-state index in [0.717, 1.165) is 16.9 Å². The molecule has 0 bridgehead atoms. The van der Waals surface area contributed by atoms with Gasteiger partial charge in [-0.2, -0.15) is 0 Å². The van der Waals surface area contributed by atoms with E-state index in [-0.39, 0.29) is 18.2 Å². The van der Waals surface area contributed by atoms with Crippen LogP contribution in [0.1, 0.15) is 23.6 Å². The molecule has 0 aliphatic carbocycles. The number of fused-ring (bicyclic) bond motifs is 1. The molecule has 2 amide bonds. The average molecular weight is 287 g/mol. The standard InChI is InChI=1S/C14H13N3O2S/c1-8-7-20-14(15-8)17-12(18)6-10-9-4-2-3-5-11(9)16-13(10)19/h2-5,7,10H,6H2,1H3,(H,16,19)(H,15,17,18). The summed E-state index contributed by atoms with van der Waals surface area (Å²) in [5, 5.41) is 7.96. The summed E-state index contributed by atoms with van der Waals surface area (Å²) in [5.74, 6) is -0.750. The van der Waals surface area contributed by atoms with Gasteiger partial charge in [0.15, 0.2) is 5.13 Å². The van der Waals surface area contributed by atoms with Gasteiger partial charge >= 0.3 is 0 Å². The third kappa shape index (κ3) is 2.42. The first-order valence-electron chi connectivity index (χ1n) is 6.25. The number of para-hydroxylation sites is 1. The Labute approximate surface area is 120 Å². The van der Waals surface area contributed by atoms with E-state index in [1.807, 2.05) is 36.6 Å². The van der Waals surface area contributed by atoms with Crippen LogP contribution in [0.4, 0.5) is 10.8 Å². The lowest BCUT2D eigenvalue weighted by Gasteiger charge is -2.07. The highest BCUT2D eigenvalue weighted by atomic mass is 32.1. The summed E-state index contributed by atoms with van der Waals surface area (Å²) < 4.78 is 0. The highest BCUT2D eigenvalue weighted by Gasteiger charge is 2.31. The Balaban J connectivity index is 1.71. The molecule has 1 aliphatic heterocycles. The maximum atomic E-state index is 12.0. The van der Waals surface area contributed by atoms with Gasteiger partial charge < -0.3 is 10.6 Å². The number of thiazole rings is 1. The fraction of sp³-hybridized carbons (Fsp3) is 0.214. The summed E-state index contributed by atoms with van der Waals surface area (Å²) in [6.45, 7) is 1.87. The van der Waals surface area contributed by atoms with E-state index in [4.69, 9.17) is 0 Å². The number of amides is 2. The second-order valence-corrected chi connectivity index (χ2v) is 5.53. The topological polar surface area (TPSA) is 71.1 Å². The van der Waals surface area contributed by atoms with Gasteiger partial charge in [0.1, 0.15) is 0 Å². The van der Waals surface area contributed by atoms with Crippen LogP contribution in [0.25, 0.3) is 0 Å². The lowest BCUT2D eigenvalue weighted by Crippen LogP contribution is -2.20. The first kappa shape index (κ1) is 12.8. The van der Waals surface area contributed by atoms with Crippen molar-refractivity contribution in [3.8, 4) is 0 Å². The monoisotopic (exact) mass is 287 g/mol. The van der Waals surface area contributed by atoms with Crippen LogP contribution in [0.5, 0.6) is 0 Å². The molecule has 0 saturated heterocycles. The molecule has 6 heteroatoms. The zero-order valence-electron chi connectivity index (χ0n) is 10.8. The molecule has 0 radical (unpaired) electrons. The Morgan fingerprint density at radius 3 is 3.00 bits per heavy atom. The smallest absolute Gasteiger partial charge is 0.232 e. The molecule has 102 valence electrons. The van der Waals surface area contributed by atoms with Gasteiger partial charge in [-0.15, -0.1) is 11.3 Å². The highest BCUT2D eigenvalue weighted by Crippen LogP contribution is 2.34. The van der Waals surface area contributed by atoms with Gasteiger partial charge in [0.2, 0.25) is 11.8 Å². The molecule has 0 spiro atoms. The SMILES string of the molecule is Cc1csc(NC(=O)CC2C(=O)Nc3ccccc32)n1. The summed E-state index contributed by atoms with van der Waals surface area (Å²) >= 11 is 1.38. The lowest BCUT2D eigenvalue weighted by atomic mass is 9.97. The molecule has 0 fully saturated rings. The van der Waals surface area contributed by atoms with Crippen molar-refractivity contribution in [1.82, 2.24) is 4.98 Å². The van der Waals surface area contributed by atoms with Gasteiger partial charge in [-0.3, -0.25) is 9.59 Å². The van der Waals surface area contributed by atoms with Crippen molar-refractivity contribution in [3.63, 3.8) is 0 Å². The van der Waals surface area contributed by atoms with E-state index in [1.54, 1.807) is 0 Å². The second kappa shape index (κ2) is 5.05. The number of nitrogens with one attached hydrogen (secondary N) is 2. The molecule has 1 unspecified atom stereocenters. The molecule has 5 nitrogen and oxygen atoms in total. The van der Waals surface area contributed by atoms with Crippen LogP contribution in [0, 0.1) is 6.92 Å². The van der Waals surface area contributed by atoms with Gasteiger partial charge in [0.25, 0.3) is 0 Å². The van der Waals surface area contributed by atoms with Crippen LogP contribution in [-0.4, -0.2) is 16.8 Å². The Morgan fingerprint density at radius 2 is 2.25 bits per heavy atom. The van der Waals surface area contributed by atoms with Crippen LogP contribution in [-0.2, 0) is 9.59 Å². The molecule has 1 aromatic carbocycles. The predicted molar refractivity (Wildman–Crippen MR) is 77.9 cm³/mol. The fourth-order valence-electron chi connectivity index (χ4n) is 2.25. The second-order valence-electron chi connectivity index (χ2n) is 4.68. The van der Waals surface area contributed by atoms with Gasteiger partial charge in [-0.25, -0.2) is 4.98 Å². The number of aryl methyl sites for hydroxylation is 1. The Kier molecular flexibility index (Phi) is 3.23. The van der Waals surface area contributed by atoms with Crippen molar-refractivity contribution in [3.05, 3.63) is 40.9 Å². The molecule has 20 heavy (non-hydrogen) atoms. The molecule has 3 rings (SSSR count). The lowest BCUT2D eigenvalue weighted by molar-refractivity contribution is -0.122. The molecule has 1 aliphatic rings. The van der Waals surface area contributed by atoms with Crippen LogP contribution in [0.2, 0.25) is 0 Å². The highest BCUT2D eigenvalue weighted by molar-refractivity contribution is 7.13. The van der Waals surface area contributed by atoms with Gasteiger partial charge in [0, 0.05) is 17.5 Å². The fourth-order valence-corrected chi connectivity index (χ4v) is 2.95. The zero-order valence-corrected chi connectivity index (χ0v) is 11.7. The number of rotatable bonds is 3. The maximum absolute atomic E-state index is 12.0. The largest absolute Gasteiger partial charge is 0.325 e.